The Morgan fingerprint density at radius 2 is 1.72 bits per heavy atom. The van der Waals surface area contributed by atoms with E-state index in [1.54, 1.807) is 27.7 Å². The van der Waals surface area contributed by atoms with Crippen molar-refractivity contribution in [2.75, 3.05) is 20.3 Å². The summed E-state index contributed by atoms with van der Waals surface area (Å²) in [5.74, 6) is -1.13. The fraction of sp³-hybridized carbons (Fsp3) is 0.833. The van der Waals surface area contributed by atoms with E-state index >= 15 is 0 Å². The zero-order valence-electron chi connectivity index (χ0n) is 11.9. The summed E-state index contributed by atoms with van der Waals surface area (Å²) in [6.45, 7) is 8.44. The maximum absolute atomic E-state index is 12.0. The average molecular weight is 261 g/mol. The quantitative estimate of drug-likeness (QED) is 0.815. The maximum Gasteiger partial charge on any atom is 0.411 e. The molecule has 0 aromatic carbocycles. The minimum atomic E-state index is -1.44. The van der Waals surface area contributed by atoms with Crippen molar-refractivity contribution in [3.8, 4) is 0 Å². The van der Waals surface area contributed by atoms with Crippen molar-refractivity contribution in [1.29, 1.82) is 0 Å². The first-order valence-corrected chi connectivity index (χ1v) is 5.81. The van der Waals surface area contributed by atoms with Gasteiger partial charge < -0.3 is 14.6 Å². The standard InChI is InChI=1S/C12H23NO5/c1-7-13(10(16)18-11(2,3)4)12(5,8-17-6)9(14)15/h7-8H2,1-6H3,(H,14,15). The van der Waals surface area contributed by atoms with Gasteiger partial charge in [0.05, 0.1) is 6.61 Å². The van der Waals surface area contributed by atoms with E-state index in [2.05, 4.69) is 0 Å². The van der Waals surface area contributed by atoms with E-state index < -0.39 is 23.2 Å². The molecule has 1 atom stereocenters. The van der Waals surface area contributed by atoms with E-state index in [1.807, 2.05) is 0 Å². The number of methoxy groups -OCH3 is 1. The Hall–Kier alpha value is -1.30. The number of carbonyl (C=O) groups is 2. The zero-order valence-corrected chi connectivity index (χ0v) is 11.9. The molecule has 18 heavy (non-hydrogen) atoms. The molecular weight excluding hydrogens is 238 g/mol. The van der Waals surface area contributed by atoms with Gasteiger partial charge in [0, 0.05) is 13.7 Å². The summed E-state index contributed by atoms with van der Waals surface area (Å²) in [5.41, 5.74) is -2.11. The molecule has 0 saturated heterocycles. The number of amides is 1. The highest BCUT2D eigenvalue weighted by Crippen LogP contribution is 2.20. The van der Waals surface area contributed by atoms with Crippen molar-refractivity contribution in [2.45, 2.75) is 45.8 Å². The molecule has 0 aromatic rings. The number of ether oxygens (including phenoxy) is 2. The second kappa shape index (κ2) is 6.04. The number of hydrogen-bond acceptors (Lipinski definition) is 4. The topological polar surface area (TPSA) is 76.1 Å². The monoisotopic (exact) mass is 261 g/mol. The van der Waals surface area contributed by atoms with Crippen LogP contribution in [0.5, 0.6) is 0 Å². The largest absolute Gasteiger partial charge is 0.479 e. The van der Waals surface area contributed by atoms with Crippen molar-refractivity contribution < 1.29 is 24.2 Å². The molecule has 0 radical (unpaired) electrons. The van der Waals surface area contributed by atoms with Gasteiger partial charge >= 0.3 is 12.1 Å². The summed E-state index contributed by atoms with van der Waals surface area (Å²) in [6.07, 6.45) is -0.660. The molecule has 0 rings (SSSR count). The van der Waals surface area contributed by atoms with Gasteiger partial charge in [0.15, 0.2) is 5.54 Å². The lowest BCUT2D eigenvalue weighted by Gasteiger charge is -2.37. The molecule has 0 heterocycles. The molecular formula is C12H23NO5. The molecule has 1 N–H and O–H groups in total. The van der Waals surface area contributed by atoms with Crippen LogP contribution in [-0.2, 0) is 14.3 Å². The number of carboxylic acids is 1. The van der Waals surface area contributed by atoms with Gasteiger partial charge in [-0.3, -0.25) is 4.90 Å². The number of nitrogens with zero attached hydrogens (tertiary/aromatic N) is 1. The number of rotatable bonds is 5. The van der Waals surface area contributed by atoms with Gasteiger partial charge in [-0.25, -0.2) is 9.59 Å². The SMILES string of the molecule is CCN(C(=O)OC(C)(C)C)C(C)(COC)C(=O)O. The van der Waals surface area contributed by atoms with E-state index in [4.69, 9.17) is 9.47 Å². The maximum atomic E-state index is 12.0. The molecule has 1 unspecified atom stereocenters. The Balaban J connectivity index is 5.14. The number of aliphatic carboxylic acids is 1. The summed E-state index contributed by atoms with van der Waals surface area (Å²) in [7, 11) is 1.39. The number of likely N-dealkylation sites (N-methyl/N-ethyl adjacent to an activating group) is 1. The van der Waals surface area contributed by atoms with Crippen LogP contribution in [-0.4, -0.2) is 53.5 Å². The fourth-order valence-electron chi connectivity index (χ4n) is 1.53. The average Bonchev–Trinajstić information content (AvgIpc) is 2.15. The van der Waals surface area contributed by atoms with Gasteiger partial charge in [0.2, 0.25) is 0 Å². The Morgan fingerprint density at radius 1 is 1.22 bits per heavy atom. The molecule has 0 saturated carbocycles. The van der Waals surface area contributed by atoms with Crippen LogP contribution in [0.3, 0.4) is 0 Å². The predicted octanol–water partition coefficient (Wildman–Crippen LogP) is 1.73. The van der Waals surface area contributed by atoms with Crippen molar-refractivity contribution in [2.24, 2.45) is 0 Å². The summed E-state index contributed by atoms with van der Waals surface area (Å²) < 4.78 is 10.1. The zero-order chi connectivity index (χ0) is 14.6. The number of hydrogen-bond donors (Lipinski definition) is 1. The molecule has 0 aliphatic heterocycles. The van der Waals surface area contributed by atoms with Gasteiger partial charge in [-0.2, -0.15) is 0 Å². The Labute approximate surface area is 108 Å². The first kappa shape index (κ1) is 16.7. The predicted molar refractivity (Wildman–Crippen MR) is 66.5 cm³/mol. The third-order valence-corrected chi connectivity index (χ3v) is 2.41. The van der Waals surface area contributed by atoms with Gasteiger partial charge in [0.1, 0.15) is 5.60 Å². The van der Waals surface area contributed by atoms with E-state index in [-0.39, 0.29) is 13.2 Å². The van der Waals surface area contributed by atoms with E-state index in [1.165, 1.54) is 14.0 Å². The van der Waals surface area contributed by atoms with Gasteiger partial charge in [-0.1, -0.05) is 0 Å². The van der Waals surface area contributed by atoms with Crippen molar-refractivity contribution in [3.63, 3.8) is 0 Å². The van der Waals surface area contributed by atoms with E-state index in [0.29, 0.717) is 0 Å². The number of carboxylic acid groups (broad SMARTS) is 1. The van der Waals surface area contributed by atoms with Crippen LogP contribution in [0.1, 0.15) is 34.6 Å². The van der Waals surface area contributed by atoms with Gasteiger partial charge in [-0.15, -0.1) is 0 Å². The van der Waals surface area contributed by atoms with Crippen LogP contribution in [0.15, 0.2) is 0 Å². The van der Waals surface area contributed by atoms with Crippen LogP contribution >= 0.6 is 0 Å². The highest BCUT2D eigenvalue weighted by atomic mass is 16.6. The van der Waals surface area contributed by atoms with Gasteiger partial charge in [0.25, 0.3) is 0 Å². The third kappa shape index (κ3) is 4.18. The van der Waals surface area contributed by atoms with E-state index in [0.717, 1.165) is 4.90 Å². The van der Waals surface area contributed by atoms with Crippen LogP contribution in [0, 0.1) is 0 Å². The van der Waals surface area contributed by atoms with Crippen LogP contribution in [0.25, 0.3) is 0 Å². The molecule has 0 aliphatic rings. The molecule has 106 valence electrons. The first-order chi connectivity index (χ1) is 8.08. The Morgan fingerprint density at radius 3 is 2.00 bits per heavy atom. The van der Waals surface area contributed by atoms with Gasteiger partial charge in [-0.05, 0) is 34.6 Å². The first-order valence-electron chi connectivity index (χ1n) is 5.81. The Bertz CT molecular complexity index is 310. The molecule has 0 aliphatic carbocycles. The lowest BCUT2D eigenvalue weighted by Crippen LogP contribution is -2.58. The molecule has 0 bridgehead atoms. The molecule has 1 amide bonds. The summed E-state index contributed by atoms with van der Waals surface area (Å²) in [6, 6.07) is 0. The van der Waals surface area contributed by atoms with Crippen molar-refractivity contribution in [3.05, 3.63) is 0 Å². The molecule has 0 aromatic heterocycles. The Kier molecular flexibility index (Phi) is 5.60. The van der Waals surface area contributed by atoms with Crippen molar-refractivity contribution >= 4 is 12.1 Å². The van der Waals surface area contributed by atoms with Crippen LogP contribution in [0.2, 0.25) is 0 Å². The molecule has 0 spiro atoms. The summed E-state index contributed by atoms with van der Waals surface area (Å²) in [4.78, 5) is 24.5. The second-order valence-corrected chi connectivity index (χ2v) is 5.24. The fourth-order valence-corrected chi connectivity index (χ4v) is 1.53. The second-order valence-electron chi connectivity index (χ2n) is 5.24. The van der Waals surface area contributed by atoms with Crippen LogP contribution < -0.4 is 0 Å². The lowest BCUT2D eigenvalue weighted by molar-refractivity contribution is -0.153. The lowest BCUT2D eigenvalue weighted by atomic mass is 10.0. The smallest absolute Gasteiger partial charge is 0.411 e. The normalized spacial score (nSPS) is 14.8. The summed E-state index contributed by atoms with van der Waals surface area (Å²) in [5, 5.41) is 9.28. The van der Waals surface area contributed by atoms with E-state index in [9.17, 15) is 14.7 Å². The number of carbonyl (C=O) groups excluding carboxylic acids is 1. The minimum Gasteiger partial charge on any atom is -0.479 e. The third-order valence-electron chi connectivity index (χ3n) is 2.41. The highest BCUT2D eigenvalue weighted by molar-refractivity contribution is 5.84. The molecule has 0 fully saturated rings. The highest BCUT2D eigenvalue weighted by Gasteiger charge is 2.43. The van der Waals surface area contributed by atoms with Crippen LogP contribution in [0.4, 0.5) is 4.79 Å². The van der Waals surface area contributed by atoms with Crippen molar-refractivity contribution in [1.82, 2.24) is 4.90 Å². The summed E-state index contributed by atoms with van der Waals surface area (Å²) >= 11 is 0. The minimum absolute atomic E-state index is 0.102. The molecule has 6 nitrogen and oxygen atoms in total. The molecule has 6 heteroatoms.